The lowest BCUT2D eigenvalue weighted by Crippen LogP contribution is -2.54. The average molecular weight is 258 g/mol. The maximum Gasteiger partial charge on any atom is 0.0615 e. The molecule has 1 fully saturated rings. The maximum atomic E-state index is 6.44. The molecule has 3 unspecified atom stereocenters. The molecule has 0 heterocycles. The van der Waals surface area contributed by atoms with Gasteiger partial charge in [-0.05, 0) is 25.2 Å². The molecule has 0 radical (unpaired) electrons. The normalized spacial score (nSPS) is 28.8. The van der Waals surface area contributed by atoms with Crippen LogP contribution in [0, 0.1) is 5.41 Å². The molecular weight excluding hydrogens is 228 g/mol. The summed E-state index contributed by atoms with van der Waals surface area (Å²) in [4.78, 5) is 2.46. The first-order valence-electron chi connectivity index (χ1n) is 6.93. The highest BCUT2D eigenvalue weighted by Crippen LogP contribution is 2.39. The van der Waals surface area contributed by atoms with Crippen LogP contribution in [0.25, 0.3) is 0 Å². The zero-order valence-corrected chi connectivity index (χ0v) is 12.6. The number of nitrogens with two attached hydrogens (primary N) is 1. The SMILES string of the molecule is COCCN(C(C)COC)C1CCC(C)(C)C1N. The zero-order chi connectivity index (χ0) is 13.8. The van der Waals surface area contributed by atoms with Crippen molar-refractivity contribution in [3.63, 3.8) is 0 Å². The molecule has 2 N–H and O–H groups in total. The van der Waals surface area contributed by atoms with Gasteiger partial charge in [-0.15, -0.1) is 0 Å². The van der Waals surface area contributed by atoms with Crippen LogP contribution in [-0.4, -0.2) is 57.0 Å². The molecule has 1 saturated carbocycles. The van der Waals surface area contributed by atoms with E-state index in [2.05, 4.69) is 25.7 Å². The van der Waals surface area contributed by atoms with Crippen LogP contribution < -0.4 is 5.73 Å². The van der Waals surface area contributed by atoms with Gasteiger partial charge in [0.05, 0.1) is 13.2 Å². The smallest absolute Gasteiger partial charge is 0.0615 e. The second-order valence-corrected chi connectivity index (χ2v) is 6.16. The Morgan fingerprint density at radius 2 is 2.00 bits per heavy atom. The van der Waals surface area contributed by atoms with Crippen LogP contribution in [-0.2, 0) is 9.47 Å². The average Bonchev–Trinajstić information content (AvgIpc) is 2.57. The van der Waals surface area contributed by atoms with E-state index < -0.39 is 0 Å². The Hall–Kier alpha value is -0.160. The fourth-order valence-corrected chi connectivity index (χ4v) is 3.01. The molecule has 0 spiro atoms. The first-order valence-corrected chi connectivity index (χ1v) is 6.93. The Morgan fingerprint density at radius 1 is 1.33 bits per heavy atom. The largest absolute Gasteiger partial charge is 0.383 e. The van der Waals surface area contributed by atoms with Crippen molar-refractivity contribution in [2.24, 2.45) is 11.1 Å². The van der Waals surface area contributed by atoms with E-state index in [9.17, 15) is 0 Å². The van der Waals surface area contributed by atoms with Gasteiger partial charge in [-0.2, -0.15) is 0 Å². The lowest BCUT2D eigenvalue weighted by atomic mass is 9.87. The summed E-state index contributed by atoms with van der Waals surface area (Å²) >= 11 is 0. The van der Waals surface area contributed by atoms with E-state index in [4.69, 9.17) is 15.2 Å². The Labute approximate surface area is 112 Å². The van der Waals surface area contributed by atoms with Crippen LogP contribution in [0.5, 0.6) is 0 Å². The fourth-order valence-electron chi connectivity index (χ4n) is 3.01. The minimum atomic E-state index is 0.230. The summed E-state index contributed by atoms with van der Waals surface area (Å²) in [6, 6.07) is 1.06. The van der Waals surface area contributed by atoms with Crippen molar-refractivity contribution in [2.75, 3.05) is 34.0 Å². The Morgan fingerprint density at radius 3 is 2.44 bits per heavy atom. The molecule has 4 heteroatoms. The van der Waals surface area contributed by atoms with E-state index in [0.29, 0.717) is 12.1 Å². The van der Waals surface area contributed by atoms with E-state index >= 15 is 0 Å². The predicted octanol–water partition coefficient (Wildman–Crippen LogP) is 1.49. The molecule has 1 aliphatic carbocycles. The van der Waals surface area contributed by atoms with Gasteiger partial charge in [0, 0.05) is 38.9 Å². The van der Waals surface area contributed by atoms with Gasteiger partial charge in [0.2, 0.25) is 0 Å². The summed E-state index contributed by atoms with van der Waals surface area (Å²) in [5, 5.41) is 0. The van der Waals surface area contributed by atoms with Gasteiger partial charge in [-0.3, -0.25) is 4.90 Å². The number of methoxy groups -OCH3 is 2. The number of nitrogens with zero attached hydrogens (tertiary/aromatic N) is 1. The van der Waals surface area contributed by atoms with Crippen LogP contribution in [0.3, 0.4) is 0 Å². The Bertz CT molecular complexity index is 246. The monoisotopic (exact) mass is 258 g/mol. The molecule has 1 aliphatic rings. The van der Waals surface area contributed by atoms with Crippen LogP contribution in [0.2, 0.25) is 0 Å². The Balaban J connectivity index is 2.70. The molecule has 0 bridgehead atoms. The van der Waals surface area contributed by atoms with Crippen molar-refractivity contribution in [3.8, 4) is 0 Å². The third-order valence-corrected chi connectivity index (χ3v) is 4.35. The molecular formula is C14H30N2O2. The number of hydrogen-bond donors (Lipinski definition) is 1. The summed E-state index contributed by atoms with van der Waals surface area (Å²) in [7, 11) is 3.50. The van der Waals surface area contributed by atoms with E-state index in [-0.39, 0.29) is 11.5 Å². The van der Waals surface area contributed by atoms with Crippen molar-refractivity contribution in [2.45, 2.75) is 51.7 Å². The third-order valence-electron chi connectivity index (χ3n) is 4.35. The third kappa shape index (κ3) is 3.67. The Kier molecular flexibility index (Phi) is 6.05. The molecule has 0 aromatic heterocycles. The van der Waals surface area contributed by atoms with Gasteiger partial charge in [0.15, 0.2) is 0 Å². The number of hydrogen-bond acceptors (Lipinski definition) is 4. The van der Waals surface area contributed by atoms with E-state index in [1.807, 2.05) is 0 Å². The standard InChI is InChI=1S/C14H30N2O2/c1-11(10-18-5)16(8-9-17-4)12-6-7-14(2,3)13(12)15/h11-13H,6-10,15H2,1-5H3. The van der Waals surface area contributed by atoms with Crippen molar-refractivity contribution in [3.05, 3.63) is 0 Å². The maximum absolute atomic E-state index is 6.44. The molecule has 0 saturated heterocycles. The van der Waals surface area contributed by atoms with Gasteiger partial charge < -0.3 is 15.2 Å². The van der Waals surface area contributed by atoms with Crippen molar-refractivity contribution in [1.29, 1.82) is 0 Å². The van der Waals surface area contributed by atoms with Gasteiger partial charge in [-0.25, -0.2) is 0 Å². The zero-order valence-electron chi connectivity index (χ0n) is 12.6. The molecule has 3 atom stereocenters. The summed E-state index contributed by atoms with van der Waals surface area (Å²) in [6.07, 6.45) is 2.37. The molecule has 0 aromatic rings. The first-order chi connectivity index (χ1) is 8.44. The van der Waals surface area contributed by atoms with E-state index in [1.165, 1.54) is 12.8 Å². The van der Waals surface area contributed by atoms with Crippen molar-refractivity contribution >= 4 is 0 Å². The highest BCUT2D eigenvalue weighted by molar-refractivity contribution is 5.00. The van der Waals surface area contributed by atoms with Gasteiger partial charge in [0.25, 0.3) is 0 Å². The second kappa shape index (κ2) is 6.85. The fraction of sp³-hybridized carbons (Fsp3) is 1.00. The van der Waals surface area contributed by atoms with Crippen LogP contribution in [0.1, 0.15) is 33.6 Å². The first kappa shape index (κ1) is 15.9. The lowest BCUT2D eigenvalue weighted by Gasteiger charge is -2.38. The van der Waals surface area contributed by atoms with Crippen molar-refractivity contribution in [1.82, 2.24) is 4.90 Å². The second-order valence-electron chi connectivity index (χ2n) is 6.16. The molecule has 18 heavy (non-hydrogen) atoms. The molecule has 4 nitrogen and oxygen atoms in total. The quantitative estimate of drug-likeness (QED) is 0.751. The molecule has 0 aliphatic heterocycles. The highest BCUT2D eigenvalue weighted by atomic mass is 16.5. The van der Waals surface area contributed by atoms with E-state index in [1.54, 1.807) is 14.2 Å². The summed E-state index contributed by atoms with van der Waals surface area (Å²) in [6.45, 7) is 9.16. The van der Waals surface area contributed by atoms with Gasteiger partial charge in [0.1, 0.15) is 0 Å². The van der Waals surface area contributed by atoms with Crippen LogP contribution in [0.15, 0.2) is 0 Å². The number of rotatable bonds is 7. The van der Waals surface area contributed by atoms with Crippen LogP contribution >= 0.6 is 0 Å². The van der Waals surface area contributed by atoms with Crippen LogP contribution in [0.4, 0.5) is 0 Å². The summed E-state index contributed by atoms with van der Waals surface area (Å²) < 4.78 is 10.5. The number of ether oxygens (including phenoxy) is 2. The molecule has 1 rings (SSSR count). The topological polar surface area (TPSA) is 47.7 Å². The molecule has 0 aromatic carbocycles. The molecule has 0 amide bonds. The van der Waals surface area contributed by atoms with E-state index in [0.717, 1.165) is 19.8 Å². The summed E-state index contributed by atoms with van der Waals surface area (Å²) in [5.41, 5.74) is 6.68. The predicted molar refractivity (Wildman–Crippen MR) is 74.7 cm³/mol. The van der Waals surface area contributed by atoms with Crippen molar-refractivity contribution < 1.29 is 9.47 Å². The lowest BCUT2D eigenvalue weighted by molar-refractivity contribution is 0.0397. The highest BCUT2D eigenvalue weighted by Gasteiger charge is 2.43. The van der Waals surface area contributed by atoms with Gasteiger partial charge in [-0.1, -0.05) is 13.8 Å². The molecule has 108 valence electrons. The summed E-state index contributed by atoms with van der Waals surface area (Å²) in [5.74, 6) is 0. The minimum absolute atomic E-state index is 0.230. The minimum Gasteiger partial charge on any atom is -0.383 e. The van der Waals surface area contributed by atoms with Gasteiger partial charge >= 0.3 is 0 Å².